The van der Waals surface area contributed by atoms with E-state index in [1.165, 1.54) is 24.8 Å². The number of benzene rings is 2. The molecule has 3 rings (SSSR count). The van der Waals surface area contributed by atoms with Crippen LogP contribution in [-0.4, -0.2) is 33.0 Å². The largest absolute Gasteiger partial charge is 0.356 e. The van der Waals surface area contributed by atoms with Crippen LogP contribution in [0.4, 0.5) is 0 Å². The monoisotopic (exact) mass is 518 g/mol. The number of halogens is 2. The summed E-state index contributed by atoms with van der Waals surface area (Å²) in [6, 6.07) is 13.7. The molecule has 1 aromatic heterocycles. The molecule has 1 heterocycles. The van der Waals surface area contributed by atoms with Crippen LogP contribution in [-0.2, 0) is 4.79 Å². The first-order chi connectivity index (χ1) is 16.5. The summed E-state index contributed by atoms with van der Waals surface area (Å²) in [7, 11) is 0. The molecule has 0 radical (unpaired) electrons. The number of nitrogens with zero attached hydrogens (tertiary/aromatic N) is 3. The van der Waals surface area contributed by atoms with Crippen LogP contribution in [0.2, 0.25) is 10.0 Å². The van der Waals surface area contributed by atoms with E-state index in [2.05, 4.69) is 41.5 Å². The lowest BCUT2D eigenvalue weighted by Crippen LogP contribution is -2.23. The van der Waals surface area contributed by atoms with Gasteiger partial charge < -0.3 is 5.32 Å². The molecule has 0 aliphatic carbocycles. The van der Waals surface area contributed by atoms with Crippen LogP contribution in [0, 0.1) is 6.92 Å². The summed E-state index contributed by atoms with van der Waals surface area (Å²) < 4.78 is 2.01. The normalized spacial score (nSPS) is 11.1. The Labute approximate surface area is 216 Å². The molecule has 182 valence electrons. The van der Waals surface area contributed by atoms with E-state index in [0.29, 0.717) is 16.5 Å². The second kappa shape index (κ2) is 13.8. The smallest absolute Gasteiger partial charge is 0.219 e. The van der Waals surface area contributed by atoms with Crippen molar-refractivity contribution in [1.82, 2.24) is 20.1 Å². The molecule has 0 saturated heterocycles. The number of amides is 1. The van der Waals surface area contributed by atoms with Crippen LogP contribution in [0.25, 0.3) is 17.1 Å². The molecule has 0 fully saturated rings. The van der Waals surface area contributed by atoms with Crippen molar-refractivity contribution in [3.63, 3.8) is 0 Å². The highest BCUT2D eigenvalue weighted by molar-refractivity contribution is 7.99. The van der Waals surface area contributed by atoms with E-state index in [1.54, 1.807) is 17.8 Å². The van der Waals surface area contributed by atoms with Gasteiger partial charge in [-0.2, -0.15) is 0 Å². The second-order valence-electron chi connectivity index (χ2n) is 8.32. The van der Waals surface area contributed by atoms with Gasteiger partial charge in [0.2, 0.25) is 5.91 Å². The summed E-state index contributed by atoms with van der Waals surface area (Å²) in [5, 5.41) is 13.7. The number of hydrogen-bond acceptors (Lipinski definition) is 4. The van der Waals surface area contributed by atoms with Gasteiger partial charge in [-0.05, 0) is 44.4 Å². The SMILES string of the molecule is CCCCCCNC(=O)CCCCSc1nnc(-c2ccc(C)cc2)n1-c1ccc(Cl)c(Cl)c1. The fourth-order valence-electron chi connectivity index (χ4n) is 3.53. The molecule has 5 nitrogen and oxygen atoms in total. The number of carbonyl (C=O) groups excluding carboxylic acids is 1. The van der Waals surface area contributed by atoms with Gasteiger partial charge in [-0.1, -0.05) is 91.0 Å². The molecule has 0 bridgehead atoms. The number of rotatable bonds is 13. The van der Waals surface area contributed by atoms with E-state index in [9.17, 15) is 4.79 Å². The molecule has 3 aromatic rings. The molecular weight excluding hydrogens is 487 g/mol. The Kier molecular flexibility index (Phi) is 10.8. The maximum atomic E-state index is 12.0. The Morgan fingerprint density at radius 3 is 2.50 bits per heavy atom. The average Bonchev–Trinajstić information content (AvgIpc) is 3.25. The molecule has 1 N–H and O–H groups in total. The van der Waals surface area contributed by atoms with Crippen molar-refractivity contribution in [2.75, 3.05) is 12.3 Å². The van der Waals surface area contributed by atoms with E-state index < -0.39 is 0 Å². The van der Waals surface area contributed by atoms with Crippen LogP contribution < -0.4 is 5.32 Å². The van der Waals surface area contributed by atoms with Gasteiger partial charge in [0.05, 0.1) is 15.7 Å². The van der Waals surface area contributed by atoms with Gasteiger partial charge in [-0.25, -0.2) is 0 Å². The third-order valence-corrected chi connectivity index (χ3v) is 7.24. The van der Waals surface area contributed by atoms with Crippen LogP contribution in [0.3, 0.4) is 0 Å². The minimum absolute atomic E-state index is 0.141. The molecule has 34 heavy (non-hydrogen) atoms. The standard InChI is InChI=1S/C26H32Cl2N4OS/c1-3-4-5-7-16-29-24(33)9-6-8-17-34-26-31-30-25(20-12-10-19(2)11-13-20)32(26)21-14-15-22(27)23(28)18-21/h10-15,18H,3-9,16-17H2,1-2H3,(H,29,33). The quantitative estimate of drug-likeness (QED) is 0.188. The zero-order chi connectivity index (χ0) is 24.3. The molecule has 0 aliphatic heterocycles. The minimum Gasteiger partial charge on any atom is -0.356 e. The minimum atomic E-state index is 0.141. The van der Waals surface area contributed by atoms with E-state index in [-0.39, 0.29) is 5.91 Å². The number of unbranched alkanes of at least 4 members (excludes halogenated alkanes) is 4. The fraction of sp³-hybridized carbons (Fsp3) is 0.423. The summed E-state index contributed by atoms with van der Waals surface area (Å²) in [5.74, 6) is 1.74. The highest BCUT2D eigenvalue weighted by Gasteiger charge is 2.17. The number of thioether (sulfide) groups is 1. The van der Waals surface area contributed by atoms with Gasteiger partial charge in [0, 0.05) is 24.3 Å². The molecule has 8 heteroatoms. The van der Waals surface area contributed by atoms with Gasteiger partial charge in [-0.3, -0.25) is 9.36 Å². The molecule has 0 atom stereocenters. The first kappa shape index (κ1) is 26.6. The van der Waals surface area contributed by atoms with Crippen molar-refractivity contribution < 1.29 is 4.79 Å². The van der Waals surface area contributed by atoms with Crippen LogP contribution in [0.1, 0.15) is 57.4 Å². The Balaban J connectivity index is 1.61. The lowest BCUT2D eigenvalue weighted by atomic mass is 10.1. The highest BCUT2D eigenvalue weighted by atomic mass is 35.5. The van der Waals surface area contributed by atoms with Gasteiger partial charge in [0.1, 0.15) is 0 Å². The summed E-state index contributed by atoms with van der Waals surface area (Å²) in [6.07, 6.45) is 6.99. The number of nitrogens with one attached hydrogen (secondary N) is 1. The lowest BCUT2D eigenvalue weighted by molar-refractivity contribution is -0.121. The topological polar surface area (TPSA) is 59.8 Å². The summed E-state index contributed by atoms with van der Waals surface area (Å²) in [5.41, 5.74) is 3.02. The number of aryl methyl sites for hydroxylation is 1. The van der Waals surface area contributed by atoms with Crippen molar-refractivity contribution >= 4 is 40.9 Å². The van der Waals surface area contributed by atoms with Crippen molar-refractivity contribution in [1.29, 1.82) is 0 Å². The van der Waals surface area contributed by atoms with Crippen LogP contribution in [0.5, 0.6) is 0 Å². The Bertz CT molecular complexity index is 1070. The Hall–Kier alpha value is -2.02. The van der Waals surface area contributed by atoms with Crippen LogP contribution >= 0.6 is 35.0 Å². The van der Waals surface area contributed by atoms with E-state index >= 15 is 0 Å². The second-order valence-corrected chi connectivity index (χ2v) is 10.2. The molecule has 0 unspecified atom stereocenters. The highest BCUT2D eigenvalue weighted by Crippen LogP contribution is 2.31. The molecule has 0 saturated carbocycles. The summed E-state index contributed by atoms with van der Waals surface area (Å²) in [4.78, 5) is 12.0. The van der Waals surface area contributed by atoms with E-state index in [4.69, 9.17) is 23.2 Å². The van der Waals surface area contributed by atoms with Crippen molar-refractivity contribution in [3.8, 4) is 17.1 Å². The van der Waals surface area contributed by atoms with Crippen LogP contribution in [0.15, 0.2) is 47.6 Å². The third kappa shape index (κ3) is 7.76. The molecule has 1 amide bonds. The van der Waals surface area contributed by atoms with E-state index in [1.807, 2.05) is 28.8 Å². The molecule has 2 aromatic carbocycles. The van der Waals surface area contributed by atoms with Gasteiger partial charge in [-0.15, -0.1) is 10.2 Å². The van der Waals surface area contributed by atoms with Crippen molar-refractivity contribution in [2.45, 2.75) is 63.9 Å². The van der Waals surface area contributed by atoms with Crippen molar-refractivity contribution in [2.24, 2.45) is 0 Å². The molecule has 0 aliphatic rings. The van der Waals surface area contributed by atoms with Crippen molar-refractivity contribution in [3.05, 3.63) is 58.1 Å². The number of carbonyl (C=O) groups is 1. The average molecular weight is 520 g/mol. The van der Waals surface area contributed by atoms with Gasteiger partial charge >= 0.3 is 0 Å². The Morgan fingerprint density at radius 1 is 0.971 bits per heavy atom. The Morgan fingerprint density at radius 2 is 1.76 bits per heavy atom. The zero-order valence-electron chi connectivity index (χ0n) is 19.8. The molecular formula is C26H32Cl2N4OS. The fourth-order valence-corrected chi connectivity index (χ4v) is 4.77. The predicted molar refractivity (Wildman–Crippen MR) is 143 cm³/mol. The predicted octanol–water partition coefficient (Wildman–Crippen LogP) is 7.51. The first-order valence-corrected chi connectivity index (χ1v) is 13.6. The maximum absolute atomic E-state index is 12.0. The molecule has 0 spiro atoms. The lowest BCUT2D eigenvalue weighted by Gasteiger charge is -2.11. The summed E-state index contributed by atoms with van der Waals surface area (Å²) in [6.45, 7) is 5.02. The number of aromatic nitrogens is 3. The van der Waals surface area contributed by atoms with E-state index in [0.717, 1.165) is 53.8 Å². The third-order valence-electron chi connectivity index (χ3n) is 5.49. The number of hydrogen-bond donors (Lipinski definition) is 1. The van der Waals surface area contributed by atoms with Gasteiger partial charge in [0.25, 0.3) is 0 Å². The summed E-state index contributed by atoms with van der Waals surface area (Å²) >= 11 is 14.1. The van der Waals surface area contributed by atoms with Gasteiger partial charge in [0.15, 0.2) is 11.0 Å². The first-order valence-electron chi connectivity index (χ1n) is 11.9. The zero-order valence-corrected chi connectivity index (χ0v) is 22.1. The maximum Gasteiger partial charge on any atom is 0.219 e.